The molecular formula is C60H100N6O18. The van der Waals surface area contributed by atoms with E-state index in [9.17, 15) is 44.7 Å². The number of carboxylic acid groups (broad SMARTS) is 1. The number of aliphatic hydroxyl groups is 4. The van der Waals surface area contributed by atoms with Gasteiger partial charge in [-0.1, -0.05) is 45.8 Å². The number of benzene rings is 1. The zero-order chi connectivity index (χ0) is 62.8. The van der Waals surface area contributed by atoms with Gasteiger partial charge in [-0.05, 0) is 119 Å². The number of ether oxygens (including phenoxy) is 8. The number of aromatic carboxylic acids is 1. The summed E-state index contributed by atoms with van der Waals surface area (Å²) in [5.74, 6) is -5.64. The van der Waals surface area contributed by atoms with Gasteiger partial charge in [0.25, 0.3) is 0 Å². The summed E-state index contributed by atoms with van der Waals surface area (Å²) < 4.78 is 52.3. The fourth-order valence-corrected chi connectivity index (χ4v) is 12.1. The number of hydrogen-bond donors (Lipinski definition) is 6. The van der Waals surface area contributed by atoms with Gasteiger partial charge in [0, 0.05) is 82.7 Å². The molecule has 5 rings (SSSR count). The Balaban J connectivity index is 1.36. The van der Waals surface area contributed by atoms with Crippen LogP contribution in [0.5, 0.6) is 0 Å². The molecule has 0 unspecified atom stereocenters. The van der Waals surface area contributed by atoms with Crippen LogP contribution >= 0.6 is 0 Å². The Bertz CT molecular complexity index is 2560. The minimum Gasteiger partial charge on any atom is -0.477 e. The maximum absolute atomic E-state index is 14.7. The monoisotopic (exact) mass is 1190 g/mol. The van der Waals surface area contributed by atoms with Crippen LogP contribution in [0.25, 0.3) is 10.9 Å². The molecule has 0 saturated carbocycles. The number of fused-ring (bicyclic) bond motifs is 1. The van der Waals surface area contributed by atoms with E-state index in [0.29, 0.717) is 49.0 Å². The number of hydrogen-bond acceptors (Lipinski definition) is 21. The third-order valence-corrected chi connectivity index (χ3v) is 17.3. The summed E-state index contributed by atoms with van der Waals surface area (Å²) in [7, 11) is 10.6. The number of oxime groups is 1. The van der Waals surface area contributed by atoms with Crippen LogP contribution in [-0.4, -0.2) is 230 Å². The van der Waals surface area contributed by atoms with E-state index in [4.69, 9.17) is 42.7 Å². The van der Waals surface area contributed by atoms with E-state index in [1.807, 2.05) is 57.8 Å². The van der Waals surface area contributed by atoms with Crippen molar-refractivity contribution in [1.82, 2.24) is 19.8 Å². The molecule has 24 heteroatoms. The first-order valence-electron chi connectivity index (χ1n) is 29.7. The zero-order valence-corrected chi connectivity index (χ0v) is 52.7. The molecule has 3 aliphatic rings. The highest BCUT2D eigenvalue weighted by Crippen LogP contribution is 2.42. The van der Waals surface area contributed by atoms with E-state index in [-0.39, 0.29) is 56.7 Å². The molecule has 84 heavy (non-hydrogen) atoms. The molecule has 0 aliphatic carbocycles. The number of pyridine rings is 1. The average molecular weight is 1190 g/mol. The molecule has 1 aromatic carbocycles. The maximum atomic E-state index is 14.7. The lowest BCUT2D eigenvalue weighted by atomic mass is 9.73. The van der Waals surface area contributed by atoms with Gasteiger partial charge in [0.1, 0.15) is 35.6 Å². The predicted molar refractivity (Wildman–Crippen MR) is 314 cm³/mol. The smallest absolute Gasteiger partial charge is 0.407 e. The highest BCUT2D eigenvalue weighted by atomic mass is 16.7. The van der Waals surface area contributed by atoms with Crippen molar-refractivity contribution in [2.75, 3.05) is 86.8 Å². The summed E-state index contributed by atoms with van der Waals surface area (Å²) in [4.78, 5) is 62.9. The summed E-state index contributed by atoms with van der Waals surface area (Å²) in [6, 6.07) is 5.01. The number of cyclic esters (lactones) is 1. The van der Waals surface area contributed by atoms with E-state index in [1.165, 1.54) is 20.2 Å². The van der Waals surface area contributed by atoms with Crippen LogP contribution in [0.1, 0.15) is 124 Å². The number of carboxylic acids is 1. The molecule has 2 aromatic rings. The summed E-state index contributed by atoms with van der Waals surface area (Å²) in [6.07, 6.45) is -8.61. The van der Waals surface area contributed by atoms with Crippen molar-refractivity contribution in [2.24, 2.45) is 28.8 Å². The summed E-state index contributed by atoms with van der Waals surface area (Å²) in [5.41, 5.74) is -4.17. The second-order valence-corrected chi connectivity index (χ2v) is 24.6. The molecule has 0 bridgehead atoms. The van der Waals surface area contributed by atoms with Crippen LogP contribution in [0.2, 0.25) is 0 Å². The number of nitrogens with one attached hydrogen (secondary N) is 1. The minimum absolute atomic E-state index is 0.0146. The van der Waals surface area contributed by atoms with Crippen LogP contribution in [0.3, 0.4) is 0 Å². The first-order chi connectivity index (χ1) is 39.3. The topological polar surface area (TPSA) is 292 Å². The Morgan fingerprint density at radius 3 is 2.21 bits per heavy atom. The third kappa shape index (κ3) is 17.1. The lowest BCUT2D eigenvalue weighted by molar-refractivity contribution is -0.317. The van der Waals surface area contributed by atoms with Gasteiger partial charge >= 0.3 is 18.0 Å². The van der Waals surface area contributed by atoms with E-state index in [1.54, 1.807) is 84.4 Å². The van der Waals surface area contributed by atoms with Gasteiger partial charge in [0.2, 0.25) is 5.43 Å². The van der Waals surface area contributed by atoms with Crippen LogP contribution < -0.4 is 15.8 Å². The number of aryl methyl sites for hydroxylation is 1. The van der Waals surface area contributed by atoms with Gasteiger partial charge in [-0.25, -0.2) is 9.59 Å². The number of carbonyl (C=O) groups is 3. The fourth-order valence-electron chi connectivity index (χ4n) is 12.1. The maximum Gasteiger partial charge on any atom is 0.407 e. The Hall–Kier alpha value is -4.57. The number of likely N-dealkylation sites (N-methyl/N-ethyl adjacent to an activating group) is 2. The highest BCUT2D eigenvalue weighted by Gasteiger charge is 2.54. The molecule has 3 fully saturated rings. The Kier molecular flexibility index (Phi) is 25.4. The van der Waals surface area contributed by atoms with Crippen molar-refractivity contribution in [3.63, 3.8) is 0 Å². The van der Waals surface area contributed by atoms with E-state index >= 15 is 0 Å². The average Bonchev–Trinajstić information content (AvgIpc) is 1.44. The normalized spacial score (nSPS) is 35.2. The summed E-state index contributed by atoms with van der Waals surface area (Å²) >= 11 is 0. The molecular weight excluding hydrogens is 1090 g/mol. The van der Waals surface area contributed by atoms with Crippen molar-refractivity contribution in [1.29, 1.82) is 0 Å². The van der Waals surface area contributed by atoms with Crippen molar-refractivity contribution < 1.29 is 82.6 Å². The largest absolute Gasteiger partial charge is 0.477 e. The van der Waals surface area contributed by atoms with Gasteiger partial charge in [0.05, 0.1) is 59.9 Å². The lowest BCUT2D eigenvalue weighted by Crippen LogP contribution is -2.61. The number of nitrogens with zero attached hydrogens (tertiary/aromatic N) is 5. The van der Waals surface area contributed by atoms with E-state index < -0.39 is 119 Å². The Morgan fingerprint density at radius 2 is 1.60 bits per heavy atom. The molecule has 4 heterocycles. The molecule has 0 radical (unpaired) electrons. The van der Waals surface area contributed by atoms with Gasteiger partial charge < -0.3 is 88.4 Å². The summed E-state index contributed by atoms with van der Waals surface area (Å²) in [6.45, 7) is 21.2. The quantitative estimate of drug-likeness (QED) is 0.0549. The number of aliphatic hydroxyl groups excluding tert-OH is 2. The van der Waals surface area contributed by atoms with Gasteiger partial charge in [-0.15, -0.1) is 0 Å². The van der Waals surface area contributed by atoms with Gasteiger partial charge in [-0.3, -0.25) is 14.3 Å². The van der Waals surface area contributed by atoms with Crippen LogP contribution in [0, 0.1) is 23.7 Å². The molecule has 24 nitrogen and oxygen atoms in total. The van der Waals surface area contributed by atoms with Crippen molar-refractivity contribution >= 4 is 34.6 Å². The molecule has 18 atom stereocenters. The first kappa shape index (κ1) is 70.2. The van der Waals surface area contributed by atoms with Crippen LogP contribution in [0.15, 0.2) is 34.3 Å². The number of aromatic nitrogens is 1. The number of methoxy groups -OCH3 is 1. The first-order valence-corrected chi connectivity index (χ1v) is 29.7. The van der Waals surface area contributed by atoms with Crippen molar-refractivity contribution in [3.8, 4) is 0 Å². The van der Waals surface area contributed by atoms with Gasteiger partial charge in [-0.2, -0.15) is 0 Å². The second-order valence-electron chi connectivity index (χ2n) is 24.6. The van der Waals surface area contributed by atoms with Crippen molar-refractivity contribution in [2.45, 2.75) is 199 Å². The predicted octanol–water partition coefficient (Wildman–Crippen LogP) is 4.13. The minimum atomic E-state index is -2.00. The second kappa shape index (κ2) is 30.4. The number of rotatable bonds is 22. The SMILES string of the molecule is CC[C@H]1OC(=O)[C@H](C)[C@@H](O[C@H]2C[C@@](C)(OC)[C@@H](OC(=O)NCCOCCCc3ccc4c(c3)c(=O)c(C(=O)O)cn4N(C)C)[C@H](C)O2)[C@H](C)[C@@H](O[C@@H]2O[C@H](C)C[C@H](N(C)C)[C@H]2O)[C@](C)(O)C[C@@H](C)/C(=N\OCCN(C)CC)[C@@H](C)[C@@H](O)[C@]1(C)O. The molecule has 3 saturated heterocycles. The third-order valence-electron chi connectivity index (χ3n) is 17.3. The van der Waals surface area contributed by atoms with Crippen LogP contribution in [0.4, 0.5) is 4.79 Å². The van der Waals surface area contributed by atoms with Crippen LogP contribution in [-0.2, 0) is 53.9 Å². The number of carbonyl (C=O) groups excluding carboxylic acids is 2. The number of amides is 1. The highest BCUT2D eigenvalue weighted by molar-refractivity contribution is 5.93. The summed E-state index contributed by atoms with van der Waals surface area (Å²) in [5, 5.41) is 68.2. The zero-order valence-electron chi connectivity index (χ0n) is 52.7. The fraction of sp³-hybridized carbons (Fsp3) is 0.783. The molecule has 0 spiro atoms. The Labute approximate surface area is 495 Å². The standard InChI is InChI=1S/C60H100N6O18/c1-18-45-60(11,75)51(69)36(5)47(62-78-28-25-65(16)19-2)34(3)31-58(9,74)52(83-56-49(68)44(63(12)13)29-35(4)79-56)37(6)50(38(7)55(72)81-45)82-46-32-59(10,76-17)53(39(8)80-46)84-57(73)61-24-27-77-26-20-21-40-22-23-43-41(30-40)48(67)42(54(70)71)33-66(43)64(14)15/h22-23,30,33-39,44-46,49-53,56,68-69,74-75H,18-21,24-29,31-32H2,1-17H3,(H,61,73)(H,70,71)/b62-47+/t34-,35-,36-,37+,38-,39+,44+,45-,46+,49-,50+,51-,52-,53+,56+,58-,59-,60-/m1/s1. The molecule has 478 valence electrons. The van der Waals surface area contributed by atoms with Crippen molar-refractivity contribution in [3.05, 3.63) is 45.7 Å². The van der Waals surface area contributed by atoms with E-state index in [0.717, 1.165) is 12.1 Å². The molecule has 3 aliphatic heterocycles. The number of alkyl carbamates (subject to hydrolysis) is 1. The number of esters is 1. The molecule has 1 aromatic heterocycles. The Morgan fingerprint density at radius 1 is 0.905 bits per heavy atom. The van der Waals surface area contributed by atoms with E-state index in [2.05, 4.69) is 10.5 Å². The lowest BCUT2D eigenvalue weighted by Gasteiger charge is -2.49. The van der Waals surface area contributed by atoms with Gasteiger partial charge in [0.15, 0.2) is 18.7 Å². The molecule has 6 N–H and O–H groups in total. The molecule has 1 amide bonds.